The maximum Gasteiger partial charge on any atom is 2.00 e. The third kappa shape index (κ3) is 7.62. The van der Waals surface area contributed by atoms with Gasteiger partial charge in [0.2, 0.25) is 0 Å². The molecule has 0 unspecified atom stereocenters. The predicted molar refractivity (Wildman–Crippen MR) is 114 cm³/mol. The Bertz CT molecular complexity index is 1010. The Morgan fingerprint density at radius 1 is 0.548 bits per heavy atom. The number of rotatable bonds is 2. The van der Waals surface area contributed by atoms with Gasteiger partial charge in [0.05, 0.1) is 11.1 Å². The maximum atomic E-state index is 10.8. The van der Waals surface area contributed by atoms with Crippen LogP contribution in [0.1, 0.15) is 20.7 Å². The number of benzene rings is 4. The molecule has 2 N–H and O–H groups in total. The molecule has 4 aromatic carbocycles. The van der Waals surface area contributed by atoms with Crippen LogP contribution in [0, 0.1) is 0 Å². The van der Waals surface area contributed by atoms with E-state index in [0.717, 1.165) is 35.8 Å². The van der Waals surface area contributed by atoms with Gasteiger partial charge in [0.15, 0.2) is 0 Å². The number of carboxylic acids is 2. The molecule has 0 aliphatic heterocycles. The van der Waals surface area contributed by atoms with Crippen molar-refractivity contribution in [1.82, 2.24) is 0 Å². The van der Waals surface area contributed by atoms with Crippen LogP contribution in [0.2, 0.25) is 0 Å². The van der Waals surface area contributed by atoms with Gasteiger partial charge in [-0.3, -0.25) is 0 Å². The van der Waals surface area contributed by atoms with Crippen molar-refractivity contribution in [1.29, 1.82) is 0 Å². The van der Waals surface area contributed by atoms with Crippen LogP contribution in [0.5, 0.6) is 0 Å². The zero-order valence-electron chi connectivity index (χ0n) is 17.1. The summed E-state index contributed by atoms with van der Waals surface area (Å²) in [5.41, 5.74) is 0.719. The topological polar surface area (TPSA) is 121 Å². The molecular weight excluding hydrogens is 432 g/mol. The van der Waals surface area contributed by atoms with E-state index in [4.69, 9.17) is 20.4 Å². The molecular formula is C24H22O6Ti. The van der Waals surface area contributed by atoms with Gasteiger partial charge >= 0.3 is 33.7 Å². The number of aromatic carboxylic acids is 2. The fourth-order valence-corrected chi connectivity index (χ4v) is 2.82. The largest absolute Gasteiger partial charge is 2.00 e. The van der Waals surface area contributed by atoms with E-state index in [1.165, 1.54) is 0 Å². The van der Waals surface area contributed by atoms with E-state index in [1.54, 1.807) is 24.3 Å². The van der Waals surface area contributed by atoms with Crippen molar-refractivity contribution < 1.29 is 51.7 Å². The van der Waals surface area contributed by atoms with Gasteiger partial charge in [-0.15, -0.1) is 0 Å². The second kappa shape index (κ2) is 14.9. The molecule has 0 radical (unpaired) electrons. The molecule has 158 valence electrons. The quantitative estimate of drug-likeness (QED) is 0.450. The molecule has 0 saturated heterocycles. The first-order chi connectivity index (χ1) is 14.6. The molecule has 0 aliphatic carbocycles. The first kappa shape index (κ1) is 28.0. The molecule has 6 nitrogen and oxygen atoms in total. The Balaban J connectivity index is 0.000000487. The fourth-order valence-electron chi connectivity index (χ4n) is 2.82. The van der Waals surface area contributed by atoms with E-state index >= 15 is 0 Å². The minimum Gasteiger partial charge on any atom is -0.857 e. The van der Waals surface area contributed by atoms with E-state index in [2.05, 4.69) is 0 Å². The molecule has 0 bridgehead atoms. The van der Waals surface area contributed by atoms with E-state index in [9.17, 15) is 9.59 Å². The average Bonchev–Trinajstić information content (AvgIpc) is 2.81. The number of carboxylic acid groups (broad SMARTS) is 2. The van der Waals surface area contributed by atoms with E-state index in [-0.39, 0.29) is 21.7 Å². The zero-order chi connectivity index (χ0) is 22.5. The minimum absolute atomic E-state index is 0. The molecule has 4 rings (SSSR count). The summed E-state index contributed by atoms with van der Waals surface area (Å²) in [6.45, 7) is 0. The van der Waals surface area contributed by atoms with Crippen LogP contribution in [0.15, 0.2) is 84.9 Å². The molecule has 0 fully saturated rings. The molecule has 0 atom stereocenters. The third-order valence-corrected chi connectivity index (χ3v) is 4.04. The van der Waals surface area contributed by atoms with Crippen molar-refractivity contribution in [2.45, 2.75) is 0 Å². The van der Waals surface area contributed by atoms with Crippen LogP contribution < -0.4 is 10.2 Å². The Labute approximate surface area is 195 Å². The average molecular weight is 454 g/mol. The molecule has 0 amide bonds. The normalized spacial score (nSPS) is 8.90. The Morgan fingerprint density at radius 3 is 1.16 bits per heavy atom. The smallest absolute Gasteiger partial charge is 0.857 e. The van der Waals surface area contributed by atoms with Gasteiger partial charge in [-0.2, -0.15) is 14.2 Å². The SMILES string of the molecule is C[O-].C[O-].O=C(O)c1cccc2ccccc12.O=C(O)c1cccc2ccccc12.[Ti+2]. The second-order valence-electron chi connectivity index (χ2n) is 5.66. The van der Waals surface area contributed by atoms with Gasteiger partial charge in [-0.05, 0) is 33.7 Å². The molecule has 0 heterocycles. The molecule has 0 aliphatic rings. The maximum absolute atomic E-state index is 10.8. The standard InChI is InChI=1S/2C11H8O2.2CH3O.Ti/c2*12-11(13)10-7-3-5-8-4-1-2-6-9(8)10;2*1-2;/h2*1-7H,(H,12,13);2*1H3;/q;;2*-1;+2. The summed E-state index contributed by atoms with van der Waals surface area (Å²) < 4.78 is 0. The summed E-state index contributed by atoms with van der Waals surface area (Å²) in [5.74, 6) is -1.76. The van der Waals surface area contributed by atoms with E-state index in [0.29, 0.717) is 11.1 Å². The van der Waals surface area contributed by atoms with Crippen LogP contribution in [0.3, 0.4) is 0 Å². The van der Waals surface area contributed by atoms with Crippen molar-refractivity contribution in [2.75, 3.05) is 14.2 Å². The van der Waals surface area contributed by atoms with Crippen molar-refractivity contribution in [3.63, 3.8) is 0 Å². The Morgan fingerprint density at radius 2 is 0.839 bits per heavy atom. The van der Waals surface area contributed by atoms with E-state index < -0.39 is 11.9 Å². The Hall–Kier alpha value is -3.03. The van der Waals surface area contributed by atoms with Gasteiger partial charge in [-0.25, -0.2) is 9.59 Å². The first-order valence-corrected chi connectivity index (χ1v) is 8.81. The molecule has 31 heavy (non-hydrogen) atoms. The fraction of sp³-hybridized carbons (Fsp3) is 0.0833. The predicted octanol–water partition coefficient (Wildman–Crippen LogP) is 3.03. The molecule has 0 spiro atoms. The number of carbonyl (C=O) groups is 2. The summed E-state index contributed by atoms with van der Waals surface area (Å²) in [4.78, 5) is 21.6. The molecule has 0 aromatic heterocycles. The summed E-state index contributed by atoms with van der Waals surface area (Å²) in [7, 11) is 1.50. The van der Waals surface area contributed by atoms with Crippen molar-refractivity contribution in [3.05, 3.63) is 96.1 Å². The number of fused-ring (bicyclic) bond motifs is 2. The van der Waals surface area contributed by atoms with Crippen LogP contribution in [-0.4, -0.2) is 36.4 Å². The summed E-state index contributed by atoms with van der Waals surface area (Å²) in [6, 6.07) is 25.5. The van der Waals surface area contributed by atoms with Gasteiger partial charge in [0.25, 0.3) is 0 Å². The van der Waals surface area contributed by atoms with Crippen molar-refractivity contribution in [2.24, 2.45) is 0 Å². The number of hydrogen-bond donors (Lipinski definition) is 2. The van der Waals surface area contributed by atoms with Gasteiger partial charge in [0, 0.05) is 0 Å². The van der Waals surface area contributed by atoms with Crippen LogP contribution in [0.4, 0.5) is 0 Å². The van der Waals surface area contributed by atoms with Crippen molar-refractivity contribution >= 4 is 33.5 Å². The molecule has 7 heteroatoms. The van der Waals surface area contributed by atoms with Crippen LogP contribution in [-0.2, 0) is 21.7 Å². The van der Waals surface area contributed by atoms with Crippen LogP contribution >= 0.6 is 0 Å². The van der Waals surface area contributed by atoms with E-state index in [1.807, 2.05) is 60.7 Å². The molecule has 0 saturated carbocycles. The van der Waals surface area contributed by atoms with Crippen molar-refractivity contribution in [3.8, 4) is 0 Å². The first-order valence-electron chi connectivity index (χ1n) is 8.81. The summed E-state index contributed by atoms with van der Waals surface area (Å²) in [6.07, 6.45) is 0. The van der Waals surface area contributed by atoms with Crippen LogP contribution in [0.25, 0.3) is 21.5 Å². The van der Waals surface area contributed by atoms with Gasteiger partial charge in [-0.1, -0.05) is 72.8 Å². The Kier molecular flexibility index (Phi) is 13.4. The van der Waals surface area contributed by atoms with Gasteiger partial charge in [0.1, 0.15) is 0 Å². The second-order valence-corrected chi connectivity index (χ2v) is 5.66. The number of hydrogen-bond acceptors (Lipinski definition) is 4. The van der Waals surface area contributed by atoms with Gasteiger partial charge < -0.3 is 20.4 Å². The monoisotopic (exact) mass is 454 g/mol. The minimum atomic E-state index is -0.878. The summed E-state index contributed by atoms with van der Waals surface area (Å²) in [5, 5.41) is 37.8. The zero-order valence-corrected chi connectivity index (χ0v) is 18.7. The molecule has 4 aromatic rings. The third-order valence-electron chi connectivity index (χ3n) is 4.04. The summed E-state index contributed by atoms with van der Waals surface area (Å²) >= 11 is 0.